The molecule has 1 heterocycles. The number of aryl methyl sites for hydroxylation is 1. The van der Waals surface area contributed by atoms with Crippen LogP contribution in [-0.2, 0) is 16.0 Å². The van der Waals surface area contributed by atoms with Crippen molar-refractivity contribution < 1.29 is 9.53 Å². The van der Waals surface area contributed by atoms with E-state index < -0.39 is 0 Å². The van der Waals surface area contributed by atoms with Gasteiger partial charge in [0.1, 0.15) is 0 Å². The topological polar surface area (TPSA) is 55.6 Å². The zero-order valence-electron chi connectivity index (χ0n) is 12.8. The van der Waals surface area contributed by atoms with E-state index in [4.69, 9.17) is 10.5 Å². The van der Waals surface area contributed by atoms with Gasteiger partial charge in [-0.25, -0.2) is 0 Å². The molecule has 2 atom stereocenters. The molecule has 1 amide bonds. The number of piperidine rings is 1. The van der Waals surface area contributed by atoms with Crippen LogP contribution < -0.4 is 5.73 Å². The number of benzene rings is 1. The molecule has 0 aliphatic carbocycles. The average Bonchev–Trinajstić information content (AvgIpc) is 2.48. The summed E-state index contributed by atoms with van der Waals surface area (Å²) in [5.74, 6) is 0.00570. The van der Waals surface area contributed by atoms with Crippen molar-refractivity contribution in [3.63, 3.8) is 0 Å². The standard InChI is InChI=1S/C17H26N2O2/c1-21-16-9-11-19(13-15(16)12-17(18)20)10-5-8-14-6-3-2-4-7-14/h2-4,6-7,15-16H,5,8-13H2,1H3,(H2,18,20)/t15-,16-/m1/s1. The Kier molecular flexibility index (Phi) is 6.21. The summed E-state index contributed by atoms with van der Waals surface area (Å²) in [4.78, 5) is 13.6. The third kappa shape index (κ3) is 5.14. The van der Waals surface area contributed by atoms with E-state index in [0.29, 0.717) is 6.42 Å². The van der Waals surface area contributed by atoms with Crippen molar-refractivity contribution in [2.75, 3.05) is 26.7 Å². The highest BCUT2D eigenvalue weighted by Gasteiger charge is 2.29. The van der Waals surface area contributed by atoms with Crippen molar-refractivity contribution in [2.45, 2.75) is 31.8 Å². The number of hydrogen-bond acceptors (Lipinski definition) is 3. The van der Waals surface area contributed by atoms with Crippen LogP contribution in [0, 0.1) is 5.92 Å². The highest BCUT2D eigenvalue weighted by molar-refractivity contribution is 5.74. The Balaban J connectivity index is 1.77. The van der Waals surface area contributed by atoms with Gasteiger partial charge in [0.2, 0.25) is 5.91 Å². The number of carbonyl (C=O) groups excluding carboxylic acids is 1. The van der Waals surface area contributed by atoms with E-state index in [1.165, 1.54) is 5.56 Å². The number of likely N-dealkylation sites (tertiary alicyclic amines) is 1. The Labute approximate surface area is 127 Å². The van der Waals surface area contributed by atoms with Crippen LogP contribution in [-0.4, -0.2) is 43.7 Å². The lowest BCUT2D eigenvalue weighted by Crippen LogP contribution is -2.45. The molecule has 2 rings (SSSR count). The van der Waals surface area contributed by atoms with Gasteiger partial charge in [0, 0.05) is 32.5 Å². The number of carbonyl (C=O) groups is 1. The Morgan fingerprint density at radius 1 is 1.38 bits per heavy atom. The summed E-state index contributed by atoms with van der Waals surface area (Å²) in [6, 6.07) is 10.6. The molecule has 1 fully saturated rings. The quantitative estimate of drug-likeness (QED) is 0.833. The molecule has 0 spiro atoms. The predicted octanol–water partition coefficient (Wildman–Crippen LogP) is 1.83. The first-order chi connectivity index (χ1) is 10.2. The Morgan fingerprint density at radius 2 is 2.14 bits per heavy atom. The Morgan fingerprint density at radius 3 is 2.81 bits per heavy atom. The molecular weight excluding hydrogens is 264 g/mol. The fourth-order valence-electron chi connectivity index (χ4n) is 3.21. The molecule has 0 unspecified atom stereocenters. The van der Waals surface area contributed by atoms with Crippen LogP contribution >= 0.6 is 0 Å². The second kappa shape index (κ2) is 8.15. The van der Waals surface area contributed by atoms with Gasteiger partial charge in [-0.2, -0.15) is 0 Å². The molecular formula is C17H26N2O2. The van der Waals surface area contributed by atoms with E-state index in [1.54, 1.807) is 7.11 Å². The Bertz CT molecular complexity index is 436. The fourth-order valence-corrected chi connectivity index (χ4v) is 3.21. The Hall–Kier alpha value is -1.39. The average molecular weight is 290 g/mol. The maximum atomic E-state index is 11.2. The number of nitrogens with zero attached hydrogens (tertiary/aromatic N) is 1. The normalized spacial score (nSPS) is 23.1. The number of hydrogen-bond donors (Lipinski definition) is 1. The summed E-state index contributed by atoms with van der Waals surface area (Å²) < 4.78 is 5.49. The summed E-state index contributed by atoms with van der Waals surface area (Å²) in [6.07, 6.45) is 3.83. The molecule has 0 saturated carbocycles. The lowest BCUT2D eigenvalue weighted by atomic mass is 9.91. The van der Waals surface area contributed by atoms with E-state index in [2.05, 4.69) is 29.2 Å². The van der Waals surface area contributed by atoms with Gasteiger partial charge in [-0.1, -0.05) is 30.3 Å². The van der Waals surface area contributed by atoms with E-state index in [-0.39, 0.29) is 17.9 Å². The van der Waals surface area contributed by atoms with Crippen molar-refractivity contribution in [3.05, 3.63) is 35.9 Å². The lowest BCUT2D eigenvalue weighted by molar-refractivity contribution is -0.121. The van der Waals surface area contributed by atoms with Crippen LogP contribution in [0.5, 0.6) is 0 Å². The molecule has 1 aliphatic rings. The fraction of sp³-hybridized carbons (Fsp3) is 0.588. The summed E-state index contributed by atoms with van der Waals surface area (Å²) in [7, 11) is 1.73. The van der Waals surface area contributed by atoms with Gasteiger partial charge < -0.3 is 15.4 Å². The minimum Gasteiger partial charge on any atom is -0.381 e. The molecule has 116 valence electrons. The monoisotopic (exact) mass is 290 g/mol. The van der Waals surface area contributed by atoms with Crippen LogP contribution in [0.3, 0.4) is 0 Å². The number of amides is 1. The van der Waals surface area contributed by atoms with Crippen molar-refractivity contribution in [1.82, 2.24) is 4.90 Å². The molecule has 1 saturated heterocycles. The minimum atomic E-state index is -0.229. The summed E-state index contributed by atoms with van der Waals surface area (Å²) in [6.45, 7) is 3.03. The molecule has 0 bridgehead atoms. The summed E-state index contributed by atoms with van der Waals surface area (Å²) in [5.41, 5.74) is 6.74. The molecule has 0 radical (unpaired) electrons. The van der Waals surface area contributed by atoms with Gasteiger partial charge in [-0.05, 0) is 31.4 Å². The van der Waals surface area contributed by atoms with Gasteiger partial charge >= 0.3 is 0 Å². The van der Waals surface area contributed by atoms with Crippen molar-refractivity contribution in [3.8, 4) is 0 Å². The molecule has 4 heteroatoms. The van der Waals surface area contributed by atoms with Crippen LogP contribution in [0.1, 0.15) is 24.8 Å². The minimum absolute atomic E-state index is 0.169. The van der Waals surface area contributed by atoms with Crippen molar-refractivity contribution in [1.29, 1.82) is 0 Å². The first kappa shape index (κ1) is 16.0. The van der Waals surface area contributed by atoms with Gasteiger partial charge in [-0.15, -0.1) is 0 Å². The first-order valence-electron chi connectivity index (χ1n) is 7.76. The largest absolute Gasteiger partial charge is 0.381 e. The second-order valence-corrected chi connectivity index (χ2v) is 5.88. The number of rotatable bonds is 7. The van der Waals surface area contributed by atoms with Gasteiger partial charge in [-0.3, -0.25) is 4.79 Å². The van der Waals surface area contributed by atoms with E-state index >= 15 is 0 Å². The molecule has 2 N–H and O–H groups in total. The lowest BCUT2D eigenvalue weighted by Gasteiger charge is -2.37. The van der Waals surface area contributed by atoms with Gasteiger partial charge in [0.05, 0.1) is 6.10 Å². The molecule has 0 aromatic heterocycles. The van der Waals surface area contributed by atoms with Gasteiger partial charge in [0.15, 0.2) is 0 Å². The maximum Gasteiger partial charge on any atom is 0.217 e. The predicted molar refractivity (Wildman–Crippen MR) is 83.9 cm³/mol. The van der Waals surface area contributed by atoms with Crippen LogP contribution in [0.2, 0.25) is 0 Å². The maximum absolute atomic E-state index is 11.2. The highest BCUT2D eigenvalue weighted by atomic mass is 16.5. The van der Waals surface area contributed by atoms with Crippen molar-refractivity contribution >= 4 is 5.91 Å². The van der Waals surface area contributed by atoms with E-state index in [0.717, 1.165) is 38.9 Å². The highest BCUT2D eigenvalue weighted by Crippen LogP contribution is 2.22. The second-order valence-electron chi connectivity index (χ2n) is 5.88. The zero-order valence-corrected chi connectivity index (χ0v) is 12.8. The number of nitrogens with two attached hydrogens (primary N) is 1. The third-order valence-corrected chi connectivity index (χ3v) is 4.30. The summed E-state index contributed by atoms with van der Waals surface area (Å²) >= 11 is 0. The smallest absolute Gasteiger partial charge is 0.217 e. The molecule has 4 nitrogen and oxygen atoms in total. The van der Waals surface area contributed by atoms with Crippen LogP contribution in [0.25, 0.3) is 0 Å². The number of ether oxygens (including phenoxy) is 1. The first-order valence-corrected chi connectivity index (χ1v) is 7.76. The zero-order chi connectivity index (χ0) is 15.1. The van der Waals surface area contributed by atoms with E-state index in [9.17, 15) is 4.79 Å². The molecule has 1 aromatic carbocycles. The third-order valence-electron chi connectivity index (χ3n) is 4.30. The SMILES string of the molecule is CO[C@@H]1CCN(CCCc2ccccc2)C[C@H]1CC(N)=O. The summed E-state index contributed by atoms with van der Waals surface area (Å²) in [5, 5.41) is 0. The number of primary amides is 1. The molecule has 21 heavy (non-hydrogen) atoms. The van der Waals surface area contributed by atoms with Crippen molar-refractivity contribution in [2.24, 2.45) is 11.7 Å². The molecule has 1 aliphatic heterocycles. The number of methoxy groups -OCH3 is 1. The van der Waals surface area contributed by atoms with E-state index in [1.807, 2.05) is 6.07 Å². The molecule has 1 aromatic rings. The van der Waals surface area contributed by atoms with Crippen LogP contribution in [0.15, 0.2) is 30.3 Å². The van der Waals surface area contributed by atoms with Crippen LogP contribution in [0.4, 0.5) is 0 Å². The van der Waals surface area contributed by atoms with Gasteiger partial charge in [0.25, 0.3) is 0 Å².